The predicted octanol–water partition coefficient (Wildman–Crippen LogP) is 6.25. The summed E-state index contributed by atoms with van der Waals surface area (Å²) in [6.07, 6.45) is 5.77. The zero-order valence-electron chi connectivity index (χ0n) is 22.1. The number of ether oxygens (including phenoxy) is 1. The van der Waals surface area contributed by atoms with E-state index in [0.717, 1.165) is 49.0 Å². The fourth-order valence-corrected chi connectivity index (χ4v) is 5.04. The molecule has 1 heterocycles. The third kappa shape index (κ3) is 6.79. The lowest BCUT2D eigenvalue weighted by Gasteiger charge is -2.24. The maximum atomic E-state index is 13.4. The zero-order chi connectivity index (χ0) is 26.4. The number of nitrogens with zero attached hydrogens (tertiary/aromatic N) is 1. The molecule has 1 amide bonds. The Bertz CT molecular complexity index is 1230. The van der Waals surface area contributed by atoms with Crippen LogP contribution in [0.3, 0.4) is 0 Å². The van der Waals surface area contributed by atoms with E-state index in [0.29, 0.717) is 12.0 Å². The maximum Gasteiger partial charge on any atom is 0.323 e. The molecule has 0 saturated carbocycles. The molecule has 1 atom stereocenters. The van der Waals surface area contributed by atoms with Crippen LogP contribution in [-0.2, 0) is 37.0 Å². The van der Waals surface area contributed by atoms with E-state index in [1.165, 1.54) is 21.6 Å². The summed E-state index contributed by atoms with van der Waals surface area (Å²) in [6, 6.07) is 22.2. The van der Waals surface area contributed by atoms with Gasteiger partial charge in [-0.25, -0.2) is 0 Å². The van der Waals surface area contributed by atoms with Crippen molar-refractivity contribution in [3.05, 3.63) is 100 Å². The summed E-state index contributed by atoms with van der Waals surface area (Å²) in [4.78, 5) is 26.4. The lowest BCUT2D eigenvalue weighted by molar-refractivity contribution is -0.137. The summed E-state index contributed by atoms with van der Waals surface area (Å²) < 4.78 is 6.33. The highest BCUT2D eigenvalue weighted by Gasteiger charge is 2.35. The summed E-state index contributed by atoms with van der Waals surface area (Å²) in [6.45, 7) is 6.31. The molecule has 194 valence electrons. The molecule has 0 aromatic heterocycles. The Morgan fingerprint density at radius 2 is 1.57 bits per heavy atom. The Kier molecular flexibility index (Phi) is 8.32. The number of carbonyl (C=O) groups excluding carboxylic acids is 1. The number of hydrogen-bond donors (Lipinski definition) is 1. The van der Waals surface area contributed by atoms with Crippen LogP contribution in [0.15, 0.2) is 66.7 Å². The summed E-state index contributed by atoms with van der Waals surface area (Å²) in [5, 5.41) is 9.48. The van der Waals surface area contributed by atoms with Crippen LogP contribution in [0.25, 0.3) is 0 Å². The fraction of sp³-hybridized carbons (Fsp3) is 0.375. The third-order valence-electron chi connectivity index (χ3n) is 7.07. The number of aliphatic carboxylic acids is 1. The molecule has 3 aromatic rings. The molecule has 3 aromatic carbocycles. The van der Waals surface area contributed by atoms with Gasteiger partial charge in [-0.3, -0.25) is 9.59 Å². The van der Waals surface area contributed by atoms with Gasteiger partial charge in [0.1, 0.15) is 17.9 Å². The van der Waals surface area contributed by atoms with Crippen molar-refractivity contribution < 1.29 is 19.4 Å². The number of unbranched alkanes of at least 4 members (excludes halogenated alkanes) is 1. The average molecular weight is 500 g/mol. The van der Waals surface area contributed by atoms with Gasteiger partial charge in [-0.2, -0.15) is 0 Å². The minimum atomic E-state index is -1.03. The van der Waals surface area contributed by atoms with Gasteiger partial charge in [0.2, 0.25) is 0 Å². The fourth-order valence-electron chi connectivity index (χ4n) is 5.04. The topological polar surface area (TPSA) is 66.8 Å². The summed E-state index contributed by atoms with van der Waals surface area (Å²) in [5.74, 6) is -0.528. The monoisotopic (exact) mass is 499 g/mol. The lowest BCUT2D eigenvalue weighted by Crippen LogP contribution is -2.35. The van der Waals surface area contributed by atoms with E-state index in [1.807, 2.05) is 24.3 Å². The number of carboxylic acid groups (broad SMARTS) is 1. The van der Waals surface area contributed by atoms with Crippen LogP contribution < -0.4 is 4.74 Å². The Hall–Kier alpha value is -3.60. The largest absolute Gasteiger partial charge is 0.487 e. The first-order chi connectivity index (χ1) is 17.8. The van der Waals surface area contributed by atoms with Crippen LogP contribution in [0.2, 0.25) is 0 Å². The first kappa shape index (κ1) is 26.5. The van der Waals surface area contributed by atoms with E-state index in [4.69, 9.17) is 4.74 Å². The molecule has 0 saturated heterocycles. The molecular weight excluding hydrogens is 462 g/mol. The second-order valence-corrected chi connectivity index (χ2v) is 10.4. The van der Waals surface area contributed by atoms with E-state index in [2.05, 4.69) is 57.2 Å². The van der Waals surface area contributed by atoms with E-state index in [9.17, 15) is 14.7 Å². The van der Waals surface area contributed by atoms with Crippen LogP contribution in [0.5, 0.6) is 5.75 Å². The predicted molar refractivity (Wildman–Crippen MR) is 146 cm³/mol. The molecular formula is C32H37NO4. The van der Waals surface area contributed by atoms with Gasteiger partial charge < -0.3 is 14.7 Å². The highest BCUT2D eigenvalue weighted by molar-refractivity contribution is 5.96. The third-order valence-corrected chi connectivity index (χ3v) is 7.07. The number of carbonyl (C=O) groups is 2. The van der Waals surface area contributed by atoms with Crippen molar-refractivity contribution in [2.45, 2.75) is 71.4 Å². The molecule has 1 aliphatic heterocycles. The van der Waals surface area contributed by atoms with Crippen LogP contribution in [0.4, 0.5) is 0 Å². The van der Waals surface area contributed by atoms with Gasteiger partial charge in [0.25, 0.3) is 5.91 Å². The molecule has 5 nitrogen and oxygen atoms in total. The molecule has 5 heteroatoms. The van der Waals surface area contributed by atoms with Crippen LogP contribution >= 0.6 is 0 Å². The highest BCUT2D eigenvalue weighted by Crippen LogP contribution is 2.37. The molecule has 1 N–H and O–H groups in total. The molecule has 37 heavy (non-hydrogen) atoms. The Balaban J connectivity index is 1.47. The van der Waals surface area contributed by atoms with E-state index < -0.39 is 11.6 Å². The van der Waals surface area contributed by atoms with Crippen LogP contribution in [0.1, 0.15) is 71.8 Å². The average Bonchev–Trinajstić information content (AvgIpc) is 3.22. The Morgan fingerprint density at radius 3 is 2.22 bits per heavy atom. The number of aryl methyl sites for hydroxylation is 2. The smallest absolute Gasteiger partial charge is 0.323 e. The van der Waals surface area contributed by atoms with Gasteiger partial charge in [0.15, 0.2) is 0 Å². The Labute approximate surface area is 220 Å². The molecule has 1 aliphatic rings. The SMILES string of the molecule is CCCCc1ccc(CN(CC(=O)O)C(=O)c2ccc3c(c2)C[C@](C)(Cc2ccc(CC)cc2)O3)cc1. The van der Waals surface area contributed by atoms with Crippen molar-refractivity contribution in [2.24, 2.45) is 0 Å². The van der Waals surface area contributed by atoms with Crippen LogP contribution in [-0.4, -0.2) is 34.0 Å². The van der Waals surface area contributed by atoms with E-state index in [1.54, 1.807) is 6.07 Å². The highest BCUT2D eigenvalue weighted by atomic mass is 16.5. The van der Waals surface area contributed by atoms with E-state index in [-0.39, 0.29) is 19.0 Å². The number of amides is 1. The van der Waals surface area contributed by atoms with Gasteiger partial charge in [-0.05, 0) is 72.2 Å². The van der Waals surface area contributed by atoms with Gasteiger partial charge >= 0.3 is 5.97 Å². The van der Waals surface area contributed by atoms with Crippen molar-refractivity contribution >= 4 is 11.9 Å². The summed E-state index contributed by atoms with van der Waals surface area (Å²) in [5.41, 5.74) is 5.78. The first-order valence-electron chi connectivity index (χ1n) is 13.3. The molecule has 0 bridgehead atoms. The summed E-state index contributed by atoms with van der Waals surface area (Å²) >= 11 is 0. The molecule has 0 aliphatic carbocycles. The van der Waals surface area contributed by atoms with Crippen molar-refractivity contribution in [3.8, 4) is 5.75 Å². The van der Waals surface area contributed by atoms with Crippen molar-refractivity contribution in [2.75, 3.05) is 6.54 Å². The van der Waals surface area contributed by atoms with E-state index >= 15 is 0 Å². The number of carboxylic acids is 1. The standard InChI is InChI=1S/C32H37NO4/c1-4-6-7-24-10-14-26(15-11-24)21-33(22-30(34)35)31(36)27-16-17-29-28(18-27)20-32(3,37-29)19-25-12-8-23(5-2)9-13-25/h8-18H,4-7,19-22H2,1-3H3,(H,34,35)/t32-/m0/s1. The van der Waals surface area contributed by atoms with Gasteiger partial charge in [0, 0.05) is 24.9 Å². The molecule has 4 rings (SSSR count). The molecule has 0 fully saturated rings. The van der Waals surface area contributed by atoms with Gasteiger partial charge in [-0.1, -0.05) is 68.8 Å². The number of rotatable bonds is 11. The normalized spacial score (nSPS) is 16.2. The van der Waals surface area contributed by atoms with Gasteiger partial charge in [0.05, 0.1) is 0 Å². The minimum Gasteiger partial charge on any atom is -0.487 e. The van der Waals surface area contributed by atoms with Crippen LogP contribution in [0, 0.1) is 0 Å². The first-order valence-corrected chi connectivity index (χ1v) is 13.3. The molecule has 0 radical (unpaired) electrons. The second-order valence-electron chi connectivity index (χ2n) is 10.4. The second kappa shape index (κ2) is 11.6. The lowest BCUT2D eigenvalue weighted by atomic mass is 9.91. The van der Waals surface area contributed by atoms with Crippen molar-refractivity contribution in [1.29, 1.82) is 0 Å². The van der Waals surface area contributed by atoms with Crippen molar-refractivity contribution in [1.82, 2.24) is 4.90 Å². The number of hydrogen-bond acceptors (Lipinski definition) is 3. The zero-order valence-corrected chi connectivity index (χ0v) is 22.1. The molecule has 0 spiro atoms. The van der Waals surface area contributed by atoms with Gasteiger partial charge in [-0.15, -0.1) is 0 Å². The quantitative estimate of drug-likeness (QED) is 0.338. The maximum absolute atomic E-state index is 13.4. The minimum absolute atomic E-state index is 0.248. The van der Waals surface area contributed by atoms with Crippen molar-refractivity contribution in [3.63, 3.8) is 0 Å². The molecule has 0 unspecified atom stereocenters. The summed E-state index contributed by atoms with van der Waals surface area (Å²) in [7, 11) is 0. The number of benzene rings is 3. The number of fused-ring (bicyclic) bond motifs is 1. The Morgan fingerprint density at radius 1 is 0.919 bits per heavy atom.